The number of nitrogens with zero attached hydrogens (tertiary/aromatic N) is 1. The first-order valence-electron chi connectivity index (χ1n) is 5.58. The maximum atomic E-state index is 3.55. The highest BCUT2D eigenvalue weighted by molar-refractivity contribution is 5.35. The third kappa shape index (κ3) is 0.692. The van der Waals surface area contributed by atoms with Crippen molar-refractivity contribution in [1.82, 2.24) is 10.2 Å². The maximum Gasteiger partial charge on any atom is 0.0542 e. The Balaban J connectivity index is 1.80. The fraction of sp³-hybridized carbons (Fsp3) is 0.818. The van der Waals surface area contributed by atoms with Gasteiger partial charge in [-0.05, 0) is 19.3 Å². The topological polar surface area (TPSA) is 15.0 Å². The van der Waals surface area contributed by atoms with Crippen LogP contribution in [0.3, 0.4) is 0 Å². The molecule has 0 radical (unpaired) electrons. The Morgan fingerprint density at radius 3 is 3.54 bits per heavy atom. The Kier molecular flexibility index (Phi) is 1.09. The van der Waals surface area contributed by atoms with Gasteiger partial charge in [-0.3, -0.25) is 4.90 Å². The van der Waals surface area contributed by atoms with Gasteiger partial charge in [0.15, 0.2) is 0 Å². The lowest BCUT2D eigenvalue weighted by Crippen LogP contribution is -2.36. The van der Waals surface area contributed by atoms with Crippen LogP contribution in [0.4, 0.5) is 0 Å². The summed E-state index contributed by atoms with van der Waals surface area (Å²) in [6.07, 6.45) is 6.86. The molecule has 4 rings (SSSR count). The molecule has 13 heavy (non-hydrogen) atoms. The van der Waals surface area contributed by atoms with Gasteiger partial charge in [0.2, 0.25) is 0 Å². The minimum atomic E-state index is 0.596. The SMILES string of the molecule is C1=C2CCC[C@@H]2N2C[C@@]23CNC[C@H]13. The number of rotatable bonds is 0. The zero-order valence-electron chi connectivity index (χ0n) is 7.92. The van der Waals surface area contributed by atoms with Gasteiger partial charge in [-0.1, -0.05) is 11.6 Å². The summed E-state index contributed by atoms with van der Waals surface area (Å²) in [5.41, 5.74) is 2.36. The summed E-state index contributed by atoms with van der Waals surface area (Å²) in [5, 5.41) is 3.55. The molecule has 1 spiro atoms. The molecule has 1 saturated carbocycles. The maximum absolute atomic E-state index is 3.55. The molecule has 4 aliphatic rings. The quantitative estimate of drug-likeness (QED) is 0.433. The van der Waals surface area contributed by atoms with Crippen molar-refractivity contribution in [3.05, 3.63) is 11.6 Å². The molecule has 1 unspecified atom stereocenters. The highest BCUT2D eigenvalue weighted by atomic mass is 15.4. The monoisotopic (exact) mass is 176 g/mol. The zero-order valence-corrected chi connectivity index (χ0v) is 7.92. The summed E-state index contributed by atoms with van der Waals surface area (Å²) in [6, 6.07) is 0.858. The minimum Gasteiger partial charge on any atom is -0.314 e. The van der Waals surface area contributed by atoms with Crippen molar-refractivity contribution < 1.29 is 0 Å². The number of hydrogen-bond acceptors (Lipinski definition) is 2. The van der Waals surface area contributed by atoms with Crippen molar-refractivity contribution in [3.63, 3.8) is 0 Å². The highest BCUT2D eigenvalue weighted by Crippen LogP contribution is 2.52. The number of fused-ring (bicyclic) bond motifs is 2. The molecule has 2 saturated heterocycles. The lowest BCUT2D eigenvalue weighted by Gasteiger charge is -2.28. The third-order valence-electron chi connectivity index (χ3n) is 4.56. The lowest BCUT2D eigenvalue weighted by atomic mass is 9.89. The molecule has 70 valence electrons. The average Bonchev–Trinajstić information content (AvgIpc) is 2.56. The van der Waals surface area contributed by atoms with E-state index in [2.05, 4.69) is 16.3 Å². The van der Waals surface area contributed by atoms with Crippen molar-refractivity contribution in [2.45, 2.75) is 30.8 Å². The predicted molar refractivity (Wildman–Crippen MR) is 51.5 cm³/mol. The molecule has 3 fully saturated rings. The van der Waals surface area contributed by atoms with Gasteiger partial charge in [0.1, 0.15) is 0 Å². The van der Waals surface area contributed by atoms with Crippen LogP contribution in [0.25, 0.3) is 0 Å². The molecule has 0 aromatic rings. The van der Waals surface area contributed by atoms with Crippen LogP contribution < -0.4 is 5.32 Å². The molecular formula is C11H16N2. The van der Waals surface area contributed by atoms with Gasteiger partial charge < -0.3 is 5.32 Å². The van der Waals surface area contributed by atoms with Gasteiger partial charge in [0, 0.05) is 31.6 Å². The lowest BCUT2D eigenvalue weighted by molar-refractivity contribution is 0.312. The van der Waals surface area contributed by atoms with Crippen LogP contribution in [-0.4, -0.2) is 36.1 Å². The molecular weight excluding hydrogens is 160 g/mol. The molecule has 3 aliphatic heterocycles. The van der Waals surface area contributed by atoms with Gasteiger partial charge in [-0.25, -0.2) is 0 Å². The smallest absolute Gasteiger partial charge is 0.0542 e. The van der Waals surface area contributed by atoms with Gasteiger partial charge in [0.25, 0.3) is 0 Å². The Morgan fingerprint density at radius 2 is 2.54 bits per heavy atom. The summed E-state index contributed by atoms with van der Waals surface area (Å²) < 4.78 is 0. The largest absolute Gasteiger partial charge is 0.314 e. The van der Waals surface area contributed by atoms with E-state index < -0.39 is 0 Å². The molecule has 2 heteroatoms. The Hall–Kier alpha value is -0.340. The van der Waals surface area contributed by atoms with Gasteiger partial charge in [-0.2, -0.15) is 0 Å². The van der Waals surface area contributed by atoms with Crippen LogP contribution in [0, 0.1) is 5.92 Å². The molecule has 1 aliphatic carbocycles. The summed E-state index contributed by atoms with van der Waals surface area (Å²) in [6.45, 7) is 3.85. The van der Waals surface area contributed by atoms with Crippen molar-refractivity contribution in [2.75, 3.05) is 19.6 Å². The van der Waals surface area contributed by atoms with E-state index >= 15 is 0 Å². The van der Waals surface area contributed by atoms with Crippen molar-refractivity contribution in [1.29, 1.82) is 0 Å². The van der Waals surface area contributed by atoms with Crippen molar-refractivity contribution in [3.8, 4) is 0 Å². The number of nitrogens with one attached hydrogen (secondary N) is 1. The van der Waals surface area contributed by atoms with Gasteiger partial charge in [0.05, 0.1) is 5.54 Å². The summed E-state index contributed by atoms with van der Waals surface area (Å²) in [4.78, 5) is 2.76. The van der Waals surface area contributed by atoms with Crippen LogP contribution in [-0.2, 0) is 0 Å². The minimum absolute atomic E-state index is 0.596. The fourth-order valence-corrected chi connectivity index (χ4v) is 3.81. The van der Waals surface area contributed by atoms with Crippen molar-refractivity contribution >= 4 is 0 Å². The molecule has 0 amide bonds. The van der Waals surface area contributed by atoms with E-state index in [0.29, 0.717) is 5.54 Å². The Bertz CT molecular complexity index is 296. The first-order valence-corrected chi connectivity index (χ1v) is 5.58. The molecule has 1 N–H and O–H groups in total. The summed E-state index contributed by atoms with van der Waals surface area (Å²) >= 11 is 0. The van der Waals surface area contributed by atoms with E-state index in [1.54, 1.807) is 5.57 Å². The van der Waals surface area contributed by atoms with E-state index in [-0.39, 0.29) is 0 Å². The molecule has 0 aromatic carbocycles. The molecule has 0 bridgehead atoms. The molecule has 3 heterocycles. The first kappa shape index (κ1) is 7.02. The fourth-order valence-electron chi connectivity index (χ4n) is 3.81. The van der Waals surface area contributed by atoms with Crippen molar-refractivity contribution in [2.24, 2.45) is 5.92 Å². The van der Waals surface area contributed by atoms with E-state index in [1.165, 1.54) is 38.9 Å². The van der Waals surface area contributed by atoms with Crippen LogP contribution in [0.2, 0.25) is 0 Å². The second kappa shape index (κ2) is 2.01. The van der Waals surface area contributed by atoms with E-state index in [9.17, 15) is 0 Å². The average molecular weight is 176 g/mol. The first-order chi connectivity index (χ1) is 6.40. The second-order valence-corrected chi connectivity index (χ2v) is 5.12. The third-order valence-corrected chi connectivity index (χ3v) is 4.56. The van der Waals surface area contributed by atoms with Crippen LogP contribution in [0.5, 0.6) is 0 Å². The molecule has 0 aromatic heterocycles. The van der Waals surface area contributed by atoms with Crippen LogP contribution in [0.15, 0.2) is 11.6 Å². The number of hydrogen-bond donors (Lipinski definition) is 1. The normalized spacial score (nSPS) is 56.6. The predicted octanol–water partition coefficient (Wildman–Crippen LogP) is 0.753. The molecule has 4 atom stereocenters. The van der Waals surface area contributed by atoms with E-state index in [4.69, 9.17) is 0 Å². The Morgan fingerprint density at radius 1 is 1.54 bits per heavy atom. The highest BCUT2D eigenvalue weighted by Gasteiger charge is 2.63. The summed E-state index contributed by atoms with van der Waals surface area (Å²) in [7, 11) is 0. The standard InChI is InChI=1S/C11H16N2/c1-2-8-4-9-5-12-6-11(9)7-13(11)10(8)3-1/h4,9-10,12H,1-3,5-7H2/t9-,10-,11+,13?/m0/s1. The zero-order chi connectivity index (χ0) is 8.47. The van der Waals surface area contributed by atoms with E-state index in [1.807, 2.05) is 0 Å². The summed E-state index contributed by atoms with van der Waals surface area (Å²) in [5.74, 6) is 0.844. The Labute approximate surface area is 79.0 Å². The van der Waals surface area contributed by atoms with E-state index in [0.717, 1.165) is 12.0 Å². The second-order valence-electron chi connectivity index (χ2n) is 5.12. The van der Waals surface area contributed by atoms with Crippen LogP contribution in [0.1, 0.15) is 19.3 Å². The van der Waals surface area contributed by atoms with Gasteiger partial charge >= 0.3 is 0 Å². The van der Waals surface area contributed by atoms with Gasteiger partial charge in [-0.15, -0.1) is 0 Å². The van der Waals surface area contributed by atoms with Crippen LogP contribution >= 0.6 is 0 Å². The molecule has 2 nitrogen and oxygen atoms in total.